The number of hydrogen-bond acceptors (Lipinski definition) is 6. The lowest BCUT2D eigenvalue weighted by Gasteiger charge is -2.33. The molecule has 7 heteroatoms. The lowest BCUT2D eigenvalue weighted by atomic mass is 10.1. The number of amides is 1. The molecule has 1 unspecified atom stereocenters. The molecule has 0 radical (unpaired) electrons. The lowest BCUT2D eigenvalue weighted by Crippen LogP contribution is -2.43. The maximum absolute atomic E-state index is 12.3. The minimum absolute atomic E-state index is 0.0164. The zero-order chi connectivity index (χ0) is 19.8. The number of nitrogens with one attached hydrogen (secondary N) is 1. The molecule has 28 heavy (non-hydrogen) atoms. The molecule has 1 N–H and O–H groups in total. The third-order valence-electron chi connectivity index (χ3n) is 4.66. The van der Waals surface area contributed by atoms with E-state index in [4.69, 9.17) is 18.6 Å². The third-order valence-corrected chi connectivity index (χ3v) is 4.66. The molecule has 2 aromatic rings. The average molecular weight is 386 g/mol. The Labute approximate surface area is 164 Å². The predicted octanol–water partition coefficient (Wildman–Crippen LogP) is 2.50. The number of methoxy groups -OCH3 is 2. The van der Waals surface area contributed by atoms with Crippen molar-refractivity contribution in [1.82, 2.24) is 10.2 Å². The first-order valence-corrected chi connectivity index (χ1v) is 9.24. The van der Waals surface area contributed by atoms with Crippen molar-refractivity contribution in [3.05, 3.63) is 54.0 Å². The van der Waals surface area contributed by atoms with Crippen molar-refractivity contribution >= 4 is 12.0 Å². The van der Waals surface area contributed by atoms with Gasteiger partial charge in [0.1, 0.15) is 5.76 Å². The molecule has 3 rings (SSSR count). The third kappa shape index (κ3) is 5.15. The molecule has 1 saturated heterocycles. The second-order valence-electron chi connectivity index (χ2n) is 6.37. The fraction of sp³-hybridized carbons (Fsp3) is 0.381. The van der Waals surface area contributed by atoms with Gasteiger partial charge in [0.15, 0.2) is 11.5 Å². The Morgan fingerprint density at radius 3 is 2.68 bits per heavy atom. The van der Waals surface area contributed by atoms with Gasteiger partial charge in [0.05, 0.1) is 39.7 Å². The van der Waals surface area contributed by atoms with E-state index < -0.39 is 0 Å². The van der Waals surface area contributed by atoms with Crippen LogP contribution in [0.1, 0.15) is 17.4 Å². The highest BCUT2D eigenvalue weighted by Crippen LogP contribution is 2.28. The first-order valence-electron chi connectivity index (χ1n) is 9.24. The molecule has 1 aromatic heterocycles. The Morgan fingerprint density at radius 1 is 1.21 bits per heavy atom. The van der Waals surface area contributed by atoms with Gasteiger partial charge in [-0.3, -0.25) is 9.69 Å². The Morgan fingerprint density at radius 2 is 2.00 bits per heavy atom. The van der Waals surface area contributed by atoms with Crippen molar-refractivity contribution in [3.8, 4) is 11.5 Å². The minimum atomic E-state index is -0.167. The van der Waals surface area contributed by atoms with Gasteiger partial charge >= 0.3 is 0 Å². The number of hydrogen-bond donors (Lipinski definition) is 1. The van der Waals surface area contributed by atoms with Crippen molar-refractivity contribution in [2.45, 2.75) is 6.04 Å². The summed E-state index contributed by atoms with van der Waals surface area (Å²) < 4.78 is 21.5. The van der Waals surface area contributed by atoms with Crippen LogP contribution in [0.2, 0.25) is 0 Å². The van der Waals surface area contributed by atoms with Crippen LogP contribution < -0.4 is 14.8 Å². The lowest BCUT2D eigenvalue weighted by molar-refractivity contribution is -0.116. The summed E-state index contributed by atoms with van der Waals surface area (Å²) in [6, 6.07) is 9.28. The monoisotopic (exact) mass is 386 g/mol. The van der Waals surface area contributed by atoms with Crippen LogP contribution in [0, 0.1) is 0 Å². The van der Waals surface area contributed by atoms with Gasteiger partial charge in [0.25, 0.3) is 0 Å². The number of furan rings is 1. The first kappa shape index (κ1) is 20.0. The van der Waals surface area contributed by atoms with Crippen molar-refractivity contribution in [3.63, 3.8) is 0 Å². The van der Waals surface area contributed by atoms with E-state index in [0.29, 0.717) is 31.3 Å². The molecule has 0 bridgehead atoms. The van der Waals surface area contributed by atoms with Crippen LogP contribution in [0.25, 0.3) is 6.08 Å². The average Bonchev–Trinajstić information content (AvgIpc) is 3.27. The van der Waals surface area contributed by atoms with Crippen LogP contribution in [-0.2, 0) is 9.53 Å². The molecule has 1 aromatic carbocycles. The molecule has 1 amide bonds. The van der Waals surface area contributed by atoms with Gasteiger partial charge in [-0.05, 0) is 35.9 Å². The maximum Gasteiger partial charge on any atom is 0.244 e. The highest BCUT2D eigenvalue weighted by molar-refractivity contribution is 5.91. The molecular weight excluding hydrogens is 360 g/mol. The number of benzene rings is 1. The molecule has 0 aliphatic carbocycles. The summed E-state index contributed by atoms with van der Waals surface area (Å²) in [6.45, 7) is 3.45. The number of carbonyl (C=O) groups is 1. The van der Waals surface area contributed by atoms with Crippen molar-refractivity contribution in [2.24, 2.45) is 0 Å². The Bertz CT molecular complexity index is 782. The summed E-state index contributed by atoms with van der Waals surface area (Å²) in [5, 5.41) is 2.97. The molecule has 150 valence electrons. The second-order valence-corrected chi connectivity index (χ2v) is 6.37. The number of carbonyl (C=O) groups excluding carboxylic acids is 1. The Kier molecular flexibility index (Phi) is 7.11. The van der Waals surface area contributed by atoms with Crippen LogP contribution in [0.15, 0.2) is 47.1 Å². The van der Waals surface area contributed by atoms with Crippen molar-refractivity contribution in [1.29, 1.82) is 0 Å². The van der Waals surface area contributed by atoms with Crippen LogP contribution in [-0.4, -0.2) is 57.9 Å². The van der Waals surface area contributed by atoms with E-state index in [1.807, 2.05) is 30.3 Å². The molecule has 0 saturated carbocycles. The van der Waals surface area contributed by atoms with E-state index in [9.17, 15) is 4.79 Å². The van der Waals surface area contributed by atoms with E-state index >= 15 is 0 Å². The molecule has 1 atom stereocenters. The van der Waals surface area contributed by atoms with Crippen LogP contribution >= 0.6 is 0 Å². The van der Waals surface area contributed by atoms with Crippen molar-refractivity contribution < 1.29 is 23.4 Å². The number of rotatable bonds is 8. The fourth-order valence-electron chi connectivity index (χ4n) is 3.16. The predicted molar refractivity (Wildman–Crippen MR) is 105 cm³/mol. The summed E-state index contributed by atoms with van der Waals surface area (Å²) in [5.74, 6) is 1.94. The Balaban J connectivity index is 1.60. The molecule has 0 spiro atoms. The zero-order valence-electron chi connectivity index (χ0n) is 16.2. The van der Waals surface area contributed by atoms with Gasteiger partial charge in [0, 0.05) is 25.7 Å². The van der Waals surface area contributed by atoms with Crippen LogP contribution in [0.5, 0.6) is 11.5 Å². The quantitative estimate of drug-likeness (QED) is 0.703. The Hall–Kier alpha value is -2.77. The zero-order valence-corrected chi connectivity index (χ0v) is 16.2. The normalized spacial score (nSPS) is 16.1. The van der Waals surface area contributed by atoms with E-state index in [0.717, 1.165) is 24.4 Å². The number of ether oxygens (including phenoxy) is 3. The number of nitrogens with zero attached hydrogens (tertiary/aromatic N) is 1. The van der Waals surface area contributed by atoms with Crippen LogP contribution in [0.4, 0.5) is 0 Å². The van der Waals surface area contributed by atoms with Gasteiger partial charge in [0.2, 0.25) is 5.91 Å². The van der Waals surface area contributed by atoms with Gasteiger partial charge in [-0.15, -0.1) is 0 Å². The second kappa shape index (κ2) is 9.96. The fourth-order valence-corrected chi connectivity index (χ4v) is 3.16. The minimum Gasteiger partial charge on any atom is -0.493 e. The molecule has 7 nitrogen and oxygen atoms in total. The van der Waals surface area contributed by atoms with E-state index in [2.05, 4.69) is 10.2 Å². The topological polar surface area (TPSA) is 73.2 Å². The molecule has 1 aliphatic rings. The summed E-state index contributed by atoms with van der Waals surface area (Å²) in [6.07, 6.45) is 4.91. The SMILES string of the molecule is COc1ccc(/C=C/C(=O)NCC(c2ccco2)N2CCOCC2)cc1OC. The molecule has 2 heterocycles. The molecule has 1 fully saturated rings. The first-order chi connectivity index (χ1) is 13.7. The summed E-state index contributed by atoms with van der Waals surface area (Å²) >= 11 is 0. The molecular formula is C21H26N2O5. The van der Waals surface area contributed by atoms with Gasteiger partial charge in [-0.2, -0.15) is 0 Å². The van der Waals surface area contributed by atoms with Crippen LogP contribution in [0.3, 0.4) is 0 Å². The molecule has 1 aliphatic heterocycles. The van der Waals surface area contributed by atoms with E-state index in [1.54, 1.807) is 26.6 Å². The van der Waals surface area contributed by atoms with E-state index in [-0.39, 0.29) is 11.9 Å². The standard InChI is InChI=1S/C21H26N2O5/c1-25-19-7-5-16(14-20(19)26-2)6-8-21(24)22-15-17(18-4-3-11-28-18)23-9-12-27-13-10-23/h3-8,11,14,17H,9-10,12-13,15H2,1-2H3,(H,22,24)/b8-6+. The summed E-state index contributed by atoms with van der Waals surface area (Å²) in [7, 11) is 3.17. The number of morpholine rings is 1. The van der Waals surface area contributed by atoms with Gasteiger partial charge in [-0.25, -0.2) is 0 Å². The summed E-state index contributed by atoms with van der Waals surface area (Å²) in [4.78, 5) is 14.6. The van der Waals surface area contributed by atoms with Gasteiger partial charge < -0.3 is 23.9 Å². The van der Waals surface area contributed by atoms with Crippen molar-refractivity contribution in [2.75, 3.05) is 47.1 Å². The maximum atomic E-state index is 12.3. The highest BCUT2D eigenvalue weighted by Gasteiger charge is 2.24. The smallest absolute Gasteiger partial charge is 0.244 e. The summed E-state index contributed by atoms with van der Waals surface area (Å²) in [5.41, 5.74) is 0.851. The van der Waals surface area contributed by atoms with Gasteiger partial charge in [-0.1, -0.05) is 6.07 Å². The van der Waals surface area contributed by atoms with E-state index in [1.165, 1.54) is 6.08 Å². The largest absolute Gasteiger partial charge is 0.493 e. The highest BCUT2D eigenvalue weighted by atomic mass is 16.5.